The Hall–Kier alpha value is -7.10. The number of aromatic hydroxyl groups is 2. The zero-order valence-electron chi connectivity index (χ0n) is 32.4. The van der Waals surface area contributed by atoms with E-state index >= 15 is 0 Å². The van der Waals surface area contributed by atoms with Crippen molar-refractivity contribution in [2.45, 2.75) is 82.2 Å². The molecule has 16 heteroatoms. The number of carbonyl (C=O) groups excluding carboxylic acids is 2. The van der Waals surface area contributed by atoms with Gasteiger partial charge < -0.3 is 69.3 Å². The molecular formula is C45H72O16. The van der Waals surface area contributed by atoms with Crippen LogP contribution < -0.4 is 4.74 Å². The number of aliphatic hydroxyl groups excluding tert-OH is 6. The summed E-state index contributed by atoms with van der Waals surface area (Å²) >= 11 is 0. The van der Waals surface area contributed by atoms with Crippen molar-refractivity contribution in [3.63, 3.8) is 0 Å². The third-order valence-corrected chi connectivity index (χ3v) is 8.56. The van der Waals surface area contributed by atoms with Crippen molar-refractivity contribution in [1.29, 1.82) is 0 Å². The molecule has 2 heterocycles. The molecule has 8 N–H and O–H groups in total. The van der Waals surface area contributed by atoms with E-state index in [1.54, 1.807) is 19.9 Å². The first-order valence-electron chi connectivity index (χ1n) is 17.8. The van der Waals surface area contributed by atoms with Crippen molar-refractivity contribution >= 4 is 11.9 Å². The van der Waals surface area contributed by atoms with Crippen LogP contribution in [0, 0.1) is 116 Å². The van der Waals surface area contributed by atoms with Gasteiger partial charge in [0, 0.05) is 73.2 Å². The highest BCUT2D eigenvalue weighted by atomic mass is 16.8. The smallest absolute Gasteiger partial charge is 0.342 e. The molecule has 0 saturated carbocycles. The number of terminal acetylenes is 1. The van der Waals surface area contributed by atoms with Gasteiger partial charge in [0.25, 0.3) is 0 Å². The lowest BCUT2D eigenvalue weighted by Gasteiger charge is -2.44. The van der Waals surface area contributed by atoms with Gasteiger partial charge in [-0.3, -0.25) is 0 Å². The quantitative estimate of drug-likeness (QED) is 0.133. The summed E-state index contributed by atoms with van der Waals surface area (Å²) in [5.74, 6) is 30.6. The normalized spacial score (nSPS) is 24.5. The van der Waals surface area contributed by atoms with E-state index in [4.69, 9.17) is 34.8 Å². The SMILES string of the molecule is C#CC#CC#CC#CC#CC#CC#CC#COc1cc(C)c(C(=O)OC[C@H]2O[C@H](O[C@H]3O[C@H](COC(=O)c4c(C)cc(C)cc4O)[C@@H](O)[C@H](O)[C@H]3O)[C@H](O)[C@@H](O)[C@@H]2O)c(O)c1.[HH].[HH].[HH].[HH].[HH].[HH].[HH].[HH].[HH].[HH].[HH].[HH].[HH].[HH].[HH].[HH].[HH].[HH]. The van der Waals surface area contributed by atoms with Gasteiger partial charge >= 0.3 is 11.9 Å². The maximum absolute atomic E-state index is 13.0. The molecule has 2 fully saturated rings. The van der Waals surface area contributed by atoms with E-state index < -0.39 is 92.3 Å². The summed E-state index contributed by atoms with van der Waals surface area (Å²) < 4.78 is 32.3. The van der Waals surface area contributed by atoms with Gasteiger partial charge in [0.1, 0.15) is 96.5 Å². The molecule has 0 radical (unpaired) electrons. The number of ether oxygens (including phenoxy) is 6. The van der Waals surface area contributed by atoms with Crippen LogP contribution in [-0.2, 0) is 23.7 Å². The molecule has 16 nitrogen and oxygen atoms in total. The maximum Gasteiger partial charge on any atom is 0.342 e. The molecule has 2 aliphatic rings. The molecule has 2 aliphatic heterocycles. The first kappa shape index (κ1) is 46.6. The number of phenolic OH excluding ortho intramolecular Hbond substituents is 2. The fraction of sp³-hybridized carbons (Fsp3) is 0.333. The lowest BCUT2D eigenvalue weighted by molar-refractivity contribution is -0.376. The lowest BCUT2D eigenvalue weighted by atomic mass is 9.98. The van der Waals surface area contributed by atoms with Crippen LogP contribution in [0.25, 0.3) is 0 Å². The number of phenols is 2. The molecule has 2 aromatic rings. The Morgan fingerprint density at radius 3 is 1.43 bits per heavy atom. The van der Waals surface area contributed by atoms with Crippen LogP contribution in [0.1, 0.15) is 63.1 Å². The van der Waals surface area contributed by atoms with Crippen molar-refractivity contribution in [3.8, 4) is 113 Å². The van der Waals surface area contributed by atoms with Gasteiger partial charge in [0.15, 0.2) is 12.6 Å². The summed E-state index contributed by atoms with van der Waals surface area (Å²) in [5, 5.41) is 84.4. The van der Waals surface area contributed by atoms with E-state index in [0.717, 1.165) is 6.07 Å². The van der Waals surface area contributed by atoms with Crippen LogP contribution in [-0.4, -0.2) is 127 Å². The number of aliphatic hydroxyl groups is 6. The van der Waals surface area contributed by atoms with Crippen LogP contribution >= 0.6 is 0 Å². The van der Waals surface area contributed by atoms with E-state index in [2.05, 4.69) is 89.0 Å². The van der Waals surface area contributed by atoms with Crippen molar-refractivity contribution in [1.82, 2.24) is 0 Å². The van der Waals surface area contributed by atoms with Crippen molar-refractivity contribution < 1.29 is 105 Å². The highest BCUT2D eigenvalue weighted by Gasteiger charge is 2.50. The van der Waals surface area contributed by atoms with Gasteiger partial charge in [-0.2, -0.15) is 0 Å². The molecule has 61 heavy (non-hydrogen) atoms. The average molecular weight is 869 g/mol. The van der Waals surface area contributed by atoms with E-state index in [9.17, 15) is 50.4 Å². The van der Waals surface area contributed by atoms with E-state index in [-0.39, 0.29) is 53.9 Å². The monoisotopic (exact) mass is 868 g/mol. The number of benzene rings is 2. The fourth-order valence-electron chi connectivity index (χ4n) is 5.69. The Bertz CT molecular complexity index is 2510. The zero-order chi connectivity index (χ0) is 44.6. The van der Waals surface area contributed by atoms with E-state index in [1.165, 1.54) is 19.1 Å². The van der Waals surface area contributed by atoms with Crippen molar-refractivity contribution in [2.24, 2.45) is 0 Å². The zero-order valence-corrected chi connectivity index (χ0v) is 32.4. The molecular weight excluding hydrogens is 796 g/mol. The third-order valence-electron chi connectivity index (χ3n) is 8.56. The predicted molar refractivity (Wildman–Crippen MR) is 247 cm³/mol. The average Bonchev–Trinajstić information content (AvgIpc) is 3.21. The Kier molecular flexibility index (Phi) is 17.0. The van der Waals surface area contributed by atoms with E-state index in [0.29, 0.717) is 11.1 Å². The predicted octanol–water partition coefficient (Wildman–Crippen LogP) is 3.09. The number of hydrogen-bond acceptors (Lipinski definition) is 16. The molecule has 2 aromatic carbocycles. The van der Waals surface area contributed by atoms with Crippen LogP contribution in [0.3, 0.4) is 0 Å². The van der Waals surface area contributed by atoms with Crippen LogP contribution in [0.2, 0.25) is 0 Å². The fourth-order valence-corrected chi connectivity index (χ4v) is 5.69. The molecule has 0 bridgehead atoms. The third kappa shape index (κ3) is 12.7. The minimum atomic E-state index is -1.98. The summed E-state index contributed by atoms with van der Waals surface area (Å²) in [6.45, 7) is 3.28. The Morgan fingerprint density at radius 1 is 0.590 bits per heavy atom. The summed E-state index contributed by atoms with van der Waals surface area (Å²) in [5.41, 5.74) is 0.831. The minimum absolute atomic E-state index is 0. The summed E-state index contributed by atoms with van der Waals surface area (Å²) in [4.78, 5) is 25.8. The second kappa shape index (κ2) is 22.3. The second-order valence-corrected chi connectivity index (χ2v) is 12.9. The molecule has 4 rings (SSSR count). The number of carbonyl (C=O) groups is 2. The topological polar surface area (TPSA) is 251 Å². The number of hydrogen-bond donors (Lipinski definition) is 8. The molecule has 0 amide bonds. The van der Waals surface area contributed by atoms with Gasteiger partial charge in [0.2, 0.25) is 0 Å². The van der Waals surface area contributed by atoms with Crippen molar-refractivity contribution in [2.75, 3.05) is 13.2 Å². The maximum atomic E-state index is 13.0. The van der Waals surface area contributed by atoms with Gasteiger partial charge in [-0.25, -0.2) is 9.59 Å². The summed E-state index contributed by atoms with van der Waals surface area (Å²) in [6, 6.07) is 5.42. The molecule has 0 aliphatic carbocycles. The summed E-state index contributed by atoms with van der Waals surface area (Å²) in [7, 11) is 0. The molecule has 348 valence electrons. The van der Waals surface area contributed by atoms with Gasteiger partial charge in [-0.05, 0) is 91.0 Å². The molecule has 10 atom stereocenters. The van der Waals surface area contributed by atoms with E-state index in [1.807, 2.05) is 0 Å². The van der Waals surface area contributed by atoms with Gasteiger partial charge in [-0.1, -0.05) is 6.07 Å². The molecule has 0 aromatic heterocycles. The van der Waals surface area contributed by atoms with Crippen molar-refractivity contribution in [3.05, 3.63) is 52.1 Å². The second-order valence-electron chi connectivity index (χ2n) is 12.9. The van der Waals surface area contributed by atoms with Gasteiger partial charge in [0.05, 0.1) is 0 Å². The summed E-state index contributed by atoms with van der Waals surface area (Å²) in [6.07, 6.45) is -11.1. The standard InChI is InChI=1S/C45H36O16.18H2/c1-5-6-7-8-9-10-11-12-13-14-15-16-17-18-19-56-29-22-28(4)35(31(47)23-29)43(55)58-25-33-37(49)39(51)41(53)45(60-33)61-44-40(52)38(50)36(48)32(59-44)24-57-42(54)34-27(3)20-26(2)21-30(34)46;;;;;;;;;;;;;;;;;;/h1,20-23,32-33,36-41,44-53H,24-25H2,2-4H3;18*1H/t32-,33-,36-,37-,38+,39+,40-,41-,44-,45-;;;;;;;;;;;;;;;;;;/m1................../s1. The van der Waals surface area contributed by atoms with Crippen LogP contribution in [0.4, 0.5) is 0 Å². The number of aryl methyl sites for hydroxylation is 3. The Labute approximate surface area is 377 Å². The molecule has 2 saturated heterocycles. The first-order valence-corrected chi connectivity index (χ1v) is 17.8. The molecule has 0 spiro atoms. The lowest BCUT2D eigenvalue weighted by Crippen LogP contribution is -2.64. The molecule has 0 unspecified atom stereocenters. The number of esters is 2. The van der Waals surface area contributed by atoms with Gasteiger partial charge in [-0.15, -0.1) is 6.42 Å². The Balaban J connectivity index is -0.000000175. The Morgan fingerprint density at radius 2 is 1.00 bits per heavy atom. The highest BCUT2D eigenvalue weighted by molar-refractivity contribution is 5.95. The minimum Gasteiger partial charge on any atom is -0.507 e. The first-order chi connectivity index (χ1) is 29.1. The van der Waals surface area contributed by atoms with Crippen LogP contribution in [0.5, 0.6) is 17.2 Å². The largest absolute Gasteiger partial charge is 0.507 e. The highest BCUT2D eigenvalue weighted by Crippen LogP contribution is 2.31. The van der Waals surface area contributed by atoms with Crippen LogP contribution in [0.15, 0.2) is 24.3 Å². The number of rotatable bonds is 9.